The van der Waals surface area contributed by atoms with Gasteiger partial charge in [0, 0.05) is 14.0 Å². The van der Waals surface area contributed by atoms with Crippen LogP contribution < -0.4 is 5.32 Å². The van der Waals surface area contributed by atoms with Crippen molar-refractivity contribution >= 4 is 14.0 Å². The largest absolute Gasteiger partial charge is 0.349 e. The predicted molar refractivity (Wildman–Crippen MR) is 94.2 cm³/mol. The first-order valence-electron chi connectivity index (χ1n) is 8.19. The van der Waals surface area contributed by atoms with Gasteiger partial charge in [0.2, 0.25) is 5.91 Å². The smallest absolute Gasteiger partial charge is 0.223 e. The van der Waals surface area contributed by atoms with E-state index in [1.165, 1.54) is 5.56 Å². The van der Waals surface area contributed by atoms with Gasteiger partial charge in [-0.25, -0.2) is 0 Å². The lowest BCUT2D eigenvalue weighted by molar-refractivity contribution is -0.125. The van der Waals surface area contributed by atoms with Gasteiger partial charge in [-0.3, -0.25) is 4.79 Å². The van der Waals surface area contributed by atoms with Gasteiger partial charge in [-0.2, -0.15) is 0 Å². The van der Waals surface area contributed by atoms with Gasteiger partial charge in [0.05, 0.1) is 6.04 Å². The summed E-state index contributed by atoms with van der Waals surface area (Å²) in [5.74, 6) is 0.421. The molecule has 1 rings (SSSR count). The van der Waals surface area contributed by atoms with E-state index in [2.05, 4.69) is 50.9 Å². The van der Waals surface area contributed by atoms with Gasteiger partial charge in [-0.1, -0.05) is 69.7 Å². The SMILES string of the molecule is CCCCC(C[Si](C)(C)C)C(=O)NC(C)c1ccccc1. The fraction of sp³-hybridized carbons (Fsp3) is 0.611. The van der Waals surface area contributed by atoms with Gasteiger partial charge in [-0.05, 0) is 25.0 Å². The molecule has 0 aliphatic rings. The molecule has 2 unspecified atom stereocenters. The van der Waals surface area contributed by atoms with Crippen molar-refractivity contribution in [1.29, 1.82) is 0 Å². The highest BCUT2D eigenvalue weighted by molar-refractivity contribution is 6.76. The van der Waals surface area contributed by atoms with Crippen molar-refractivity contribution in [2.45, 2.75) is 64.8 Å². The second kappa shape index (κ2) is 8.37. The van der Waals surface area contributed by atoms with Crippen LogP contribution in [0.1, 0.15) is 44.7 Å². The van der Waals surface area contributed by atoms with Crippen molar-refractivity contribution in [3.05, 3.63) is 35.9 Å². The van der Waals surface area contributed by atoms with E-state index >= 15 is 0 Å². The summed E-state index contributed by atoms with van der Waals surface area (Å²) in [4.78, 5) is 12.6. The van der Waals surface area contributed by atoms with Crippen LogP contribution in [0.4, 0.5) is 0 Å². The molecule has 1 aromatic rings. The highest BCUT2D eigenvalue weighted by Gasteiger charge is 2.26. The molecule has 0 heterocycles. The summed E-state index contributed by atoms with van der Waals surface area (Å²) in [6.45, 7) is 11.3. The van der Waals surface area contributed by atoms with Crippen molar-refractivity contribution in [2.75, 3.05) is 0 Å². The lowest BCUT2D eigenvalue weighted by atomic mass is 10.0. The van der Waals surface area contributed by atoms with E-state index in [4.69, 9.17) is 0 Å². The lowest BCUT2D eigenvalue weighted by Gasteiger charge is -2.25. The lowest BCUT2D eigenvalue weighted by Crippen LogP contribution is -2.37. The van der Waals surface area contributed by atoms with Gasteiger partial charge in [-0.15, -0.1) is 0 Å². The van der Waals surface area contributed by atoms with Crippen molar-refractivity contribution in [1.82, 2.24) is 5.32 Å². The third-order valence-corrected chi connectivity index (χ3v) is 5.51. The summed E-state index contributed by atoms with van der Waals surface area (Å²) in [6, 6.07) is 11.4. The van der Waals surface area contributed by atoms with Crippen LogP contribution >= 0.6 is 0 Å². The number of amides is 1. The molecule has 0 radical (unpaired) electrons. The minimum atomic E-state index is -1.22. The Morgan fingerprint density at radius 2 is 1.81 bits per heavy atom. The summed E-state index contributed by atoms with van der Waals surface area (Å²) in [6.07, 6.45) is 3.32. The fourth-order valence-electron chi connectivity index (χ4n) is 2.67. The summed E-state index contributed by atoms with van der Waals surface area (Å²) in [5.41, 5.74) is 1.17. The molecule has 3 heteroatoms. The van der Waals surface area contributed by atoms with Crippen LogP contribution in [0.15, 0.2) is 30.3 Å². The molecular formula is C18H31NOSi. The van der Waals surface area contributed by atoms with Crippen molar-refractivity contribution in [3.8, 4) is 0 Å². The Hall–Kier alpha value is -1.09. The molecule has 21 heavy (non-hydrogen) atoms. The van der Waals surface area contributed by atoms with Crippen LogP contribution in [0.2, 0.25) is 25.7 Å². The minimum absolute atomic E-state index is 0.0875. The minimum Gasteiger partial charge on any atom is -0.349 e. The molecule has 0 aliphatic carbocycles. The Bertz CT molecular complexity index is 425. The second-order valence-corrected chi connectivity index (χ2v) is 12.8. The number of nitrogens with one attached hydrogen (secondary N) is 1. The Morgan fingerprint density at radius 3 is 2.33 bits per heavy atom. The molecule has 0 aromatic heterocycles. The average Bonchev–Trinajstić information content (AvgIpc) is 2.43. The standard InChI is InChI=1S/C18H31NOSi/c1-6-7-11-17(14-21(3,4)5)18(20)19-15(2)16-12-9-8-10-13-16/h8-10,12-13,15,17H,6-7,11,14H2,1-5H3,(H,19,20). The van der Waals surface area contributed by atoms with Crippen molar-refractivity contribution in [2.24, 2.45) is 5.92 Å². The Balaban J connectivity index is 2.67. The molecule has 1 N–H and O–H groups in total. The van der Waals surface area contributed by atoms with Crippen LogP contribution in [-0.2, 0) is 4.79 Å². The predicted octanol–water partition coefficient (Wildman–Crippen LogP) is 5.01. The maximum Gasteiger partial charge on any atom is 0.223 e. The molecule has 0 saturated carbocycles. The number of unbranched alkanes of at least 4 members (excludes halogenated alkanes) is 1. The zero-order chi connectivity index (χ0) is 15.9. The monoisotopic (exact) mass is 305 g/mol. The summed E-state index contributed by atoms with van der Waals surface area (Å²) in [5, 5.41) is 3.21. The van der Waals surface area contributed by atoms with E-state index in [1.54, 1.807) is 0 Å². The number of carbonyl (C=O) groups is 1. The summed E-state index contributed by atoms with van der Waals surface area (Å²) in [7, 11) is -1.22. The third kappa shape index (κ3) is 6.94. The van der Waals surface area contributed by atoms with E-state index < -0.39 is 8.07 Å². The van der Waals surface area contributed by atoms with E-state index in [9.17, 15) is 4.79 Å². The molecule has 1 amide bonds. The first kappa shape index (κ1) is 18.0. The van der Waals surface area contributed by atoms with Gasteiger partial charge in [0.25, 0.3) is 0 Å². The molecule has 2 atom stereocenters. The number of hydrogen-bond acceptors (Lipinski definition) is 1. The number of carbonyl (C=O) groups excluding carboxylic acids is 1. The zero-order valence-electron chi connectivity index (χ0n) is 14.3. The molecule has 1 aromatic carbocycles. The Morgan fingerprint density at radius 1 is 1.19 bits per heavy atom. The quantitative estimate of drug-likeness (QED) is 0.672. The summed E-state index contributed by atoms with van der Waals surface area (Å²) >= 11 is 0. The van der Waals surface area contributed by atoms with Gasteiger partial charge in [0.1, 0.15) is 0 Å². The van der Waals surface area contributed by atoms with Crippen LogP contribution in [0.25, 0.3) is 0 Å². The van der Waals surface area contributed by atoms with Crippen LogP contribution in [0, 0.1) is 5.92 Å². The zero-order valence-corrected chi connectivity index (χ0v) is 15.3. The Labute approximate surface area is 131 Å². The average molecular weight is 306 g/mol. The third-order valence-electron chi connectivity index (χ3n) is 3.79. The van der Waals surface area contributed by atoms with Crippen LogP contribution in [0.5, 0.6) is 0 Å². The van der Waals surface area contributed by atoms with Crippen molar-refractivity contribution < 1.29 is 4.79 Å². The Kier molecular flexibility index (Phi) is 7.16. The fourth-order valence-corrected chi connectivity index (χ4v) is 4.54. The van der Waals surface area contributed by atoms with Crippen LogP contribution in [0.3, 0.4) is 0 Å². The molecule has 0 fully saturated rings. The molecule has 0 aliphatic heterocycles. The normalized spacial score (nSPS) is 14.5. The molecule has 0 saturated heterocycles. The second-order valence-electron chi connectivity index (χ2n) is 7.24. The van der Waals surface area contributed by atoms with Gasteiger partial charge in [0.15, 0.2) is 0 Å². The number of hydrogen-bond donors (Lipinski definition) is 1. The van der Waals surface area contributed by atoms with Crippen molar-refractivity contribution in [3.63, 3.8) is 0 Å². The van der Waals surface area contributed by atoms with Crippen LogP contribution in [-0.4, -0.2) is 14.0 Å². The first-order valence-corrected chi connectivity index (χ1v) is 11.9. The number of benzene rings is 1. The highest BCUT2D eigenvalue weighted by Crippen LogP contribution is 2.23. The van der Waals surface area contributed by atoms with Gasteiger partial charge < -0.3 is 5.32 Å². The van der Waals surface area contributed by atoms with E-state index in [1.807, 2.05) is 18.2 Å². The number of rotatable bonds is 8. The molecule has 2 nitrogen and oxygen atoms in total. The first-order chi connectivity index (χ1) is 9.83. The molecular weight excluding hydrogens is 274 g/mol. The van der Waals surface area contributed by atoms with E-state index in [0.717, 1.165) is 25.3 Å². The maximum atomic E-state index is 12.6. The van der Waals surface area contributed by atoms with Gasteiger partial charge >= 0.3 is 0 Å². The highest BCUT2D eigenvalue weighted by atomic mass is 28.3. The molecule has 0 bridgehead atoms. The topological polar surface area (TPSA) is 29.1 Å². The maximum absolute atomic E-state index is 12.6. The van der Waals surface area contributed by atoms with E-state index in [0.29, 0.717) is 0 Å². The molecule has 0 spiro atoms. The van der Waals surface area contributed by atoms with E-state index in [-0.39, 0.29) is 17.9 Å². The molecule has 118 valence electrons. The summed E-state index contributed by atoms with van der Waals surface area (Å²) < 4.78 is 0.